The first kappa shape index (κ1) is 17.3. The van der Waals surface area contributed by atoms with Crippen LogP contribution in [0.1, 0.15) is 56.4 Å². The molecular formula is C18H27ClN2O. The van der Waals surface area contributed by atoms with Crippen molar-refractivity contribution in [1.82, 2.24) is 5.32 Å². The average Bonchev–Trinajstić information content (AvgIpc) is 2.96. The van der Waals surface area contributed by atoms with Gasteiger partial charge in [-0.1, -0.05) is 43.2 Å². The first-order chi connectivity index (χ1) is 10.2. The van der Waals surface area contributed by atoms with Crippen molar-refractivity contribution >= 4 is 18.3 Å². The minimum Gasteiger partial charge on any atom is -0.353 e. The molecule has 0 saturated heterocycles. The first-order valence-electron chi connectivity index (χ1n) is 8.35. The molecule has 0 heterocycles. The quantitative estimate of drug-likeness (QED) is 0.896. The summed E-state index contributed by atoms with van der Waals surface area (Å²) in [6, 6.07) is 11.1. The van der Waals surface area contributed by atoms with Gasteiger partial charge in [0.2, 0.25) is 5.91 Å². The predicted molar refractivity (Wildman–Crippen MR) is 92.1 cm³/mol. The zero-order chi connectivity index (χ0) is 14.7. The summed E-state index contributed by atoms with van der Waals surface area (Å²) >= 11 is 0. The number of nitrogens with one attached hydrogen (secondary N) is 1. The molecule has 2 aliphatic rings. The van der Waals surface area contributed by atoms with E-state index in [1.807, 2.05) is 0 Å². The fraction of sp³-hybridized carbons (Fsp3) is 0.611. The molecule has 1 aromatic carbocycles. The lowest BCUT2D eigenvalue weighted by atomic mass is 9.85. The van der Waals surface area contributed by atoms with E-state index in [1.54, 1.807) is 0 Å². The highest BCUT2D eigenvalue weighted by Gasteiger charge is 2.32. The second-order valence-corrected chi connectivity index (χ2v) is 6.69. The smallest absolute Gasteiger partial charge is 0.223 e. The molecule has 0 spiro atoms. The molecule has 122 valence electrons. The number of carbonyl (C=O) groups is 1. The molecule has 0 aliphatic heterocycles. The molecule has 0 aromatic heterocycles. The fourth-order valence-corrected chi connectivity index (χ4v) is 4.00. The molecule has 2 fully saturated rings. The van der Waals surface area contributed by atoms with Crippen LogP contribution in [0.4, 0.5) is 0 Å². The molecule has 22 heavy (non-hydrogen) atoms. The van der Waals surface area contributed by atoms with Gasteiger partial charge in [-0.15, -0.1) is 12.4 Å². The van der Waals surface area contributed by atoms with Crippen molar-refractivity contribution in [2.24, 2.45) is 11.7 Å². The van der Waals surface area contributed by atoms with Gasteiger partial charge in [-0.25, -0.2) is 0 Å². The molecule has 0 radical (unpaired) electrons. The van der Waals surface area contributed by atoms with Crippen molar-refractivity contribution in [3.8, 4) is 0 Å². The molecule has 4 heteroatoms. The Morgan fingerprint density at radius 3 is 2.50 bits per heavy atom. The van der Waals surface area contributed by atoms with Crippen LogP contribution in [0.15, 0.2) is 30.3 Å². The Bertz CT molecular complexity index is 479. The van der Waals surface area contributed by atoms with Crippen LogP contribution in [-0.2, 0) is 4.79 Å². The maximum Gasteiger partial charge on any atom is 0.223 e. The lowest BCUT2D eigenvalue weighted by Crippen LogP contribution is -2.43. The van der Waals surface area contributed by atoms with E-state index in [1.165, 1.54) is 18.4 Å². The number of rotatable bonds is 3. The fourth-order valence-electron chi connectivity index (χ4n) is 4.00. The lowest BCUT2D eigenvalue weighted by molar-refractivity contribution is -0.126. The Kier molecular flexibility index (Phi) is 6.27. The first-order valence-corrected chi connectivity index (χ1v) is 8.35. The highest BCUT2D eigenvalue weighted by atomic mass is 35.5. The third-order valence-corrected chi connectivity index (χ3v) is 5.16. The zero-order valence-corrected chi connectivity index (χ0v) is 13.9. The van der Waals surface area contributed by atoms with Crippen molar-refractivity contribution in [1.29, 1.82) is 0 Å². The maximum atomic E-state index is 12.5. The highest BCUT2D eigenvalue weighted by molar-refractivity contribution is 5.85. The largest absolute Gasteiger partial charge is 0.353 e. The van der Waals surface area contributed by atoms with Gasteiger partial charge in [-0.3, -0.25) is 4.79 Å². The Hall–Kier alpha value is -1.06. The van der Waals surface area contributed by atoms with Crippen LogP contribution in [0.2, 0.25) is 0 Å². The molecule has 3 N–H and O–H groups in total. The van der Waals surface area contributed by atoms with E-state index >= 15 is 0 Å². The van der Waals surface area contributed by atoms with E-state index in [0.717, 1.165) is 32.1 Å². The van der Waals surface area contributed by atoms with Crippen LogP contribution in [-0.4, -0.2) is 18.0 Å². The summed E-state index contributed by atoms with van der Waals surface area (Å²) in [4.78, 5) is 12.5. The van der Waals surface area contributed by atoms with Crippen LogP contribution in [0, 0.1) is 5.92 Å². The highest BCUT2D eigenvalue weighted by Crippen LogP contribution is 2.35. The molecule has 2 aliphatic carbocycles. The van der Waals surface area contributed by atoms with Crippen molar-refractivity contribution < 1.29 is 4.79 Å². The van der Waals surface area contributed by atoms with Gasteiger partial charge in [0, 0.05) is 23.9 Å². The summed E-state index contributed by atoms with van der Waals surface area (Å²) in [5, 5.41) is 3.32. The van der Waals surface area contributed by atoms with Gasteiger partial charge in [0.15, 0.2) is 0 Å². The third-order valence-electron chi connectivity index (χ3n) is 5.16. The monoisotopic (exact) mass is 322 g/mol. The van der Waals surface area contributed by atoms with Gasteiger partial charge in [-0.2, -0.15) is 0 Å². The van der Waals surface area contributed by atoms with Crippen LogP contribution in [0.25, 0.3) is 0 Å². The number of hydrogen-bond donors (Lipinski definition) is 2. The van der Waals surface area contributed by atoms with Crippen molar-refractivity contribution in [2.75, 3.05) is 0 Å². The van der Waals surface area contributed by atoms with Crippen molar-refractivity contribution in [2.45, 2.75) is 62.9 Å². The number of carbonyl (C=O) groups excluding carboxylic acids is 1. The minimum atomic E-state index is 0. The minimum absolute atomic E-state index is 0. The van der Waals surface area contributed by atoms with Gasteiger partial charge in [0.05, 0.1) is 0 Å². The third kappa shape index (κ3) is 4.02. The predicted octanol–water partition coefficient (Wildman–Crippen LogP) is 3.38. The lowest BCUT2D eigenvalue weighted by Gasteiger charge is -2.28. The zero-order valence-electron chi connectivity index (χ0n) is 13.0. The van der Waals surface area contributed by atoms with E-state index in [2.05, 4.69) is 35.6 Å². The van der Waals surface area contributed by atoms with Crippen molar-refractivity contribution in [3.05, 3.63) is 35.9 Å². The van der Waals surface area contributed by atoms with Gasteiger partial charge in [0.25, 0.3) is 0 Å². The van der Waals surface area contributed by atoms with E-state index in [4.69, 9.17) is 5.73 Å². The van der Waals surface area contributed by atoms with E-state index in [-0.39, 0.29) is 30.3 Å². The number of halogens is 1. The number of nitrogens with two attached hydrogens (primary N) is 1. The van der Waals surface area contributed by atoms with E-state index < -0.39 is 0 Å². The molecule has 2 saturated carbocycles. The Labute approximate surface area is 139 Å². The molecule has 4 unspecified atom stereocenters. The normalized spacial score (nSPS) is 31.3. The van der Waals surface area contributed by atoms with Gasteiger partial charge < -0.3 is 11.1 Å². The van der Waals surface area contributed by atoms with Crippen LogP contribution in [0.3, 0.4) is 0 Å². The Balaban J connectivity index is 0.00000176. The molecule has 1 aromatic rings. The molecule has 3 rings (SSSR count). The summed E-state index contributed by atoms with van der Waals surface area (Å²) in [5.74, 6) is 0.844. The molecule has 0 bridgehead atoms. The molecular weight excluding hydrogens is 296 g/mol. The standard InChI is InChI=1S/C18H26N2O.ClH/c19-15-9-4-8-14(12-15)18(21)20-17-11-5-10-16(17)13-6-2-1-3-7-13;/h1-3,6-7,14-17H,4-5,8-12,19H2,(H,20,21);1H. The number of amides is 1. The number of benzene rings is 1. The Morgan fingerprint density at radius 1 is 1.05 bits per heavy atom. The summed E-state index contributed by atoms with van der Waals surface area (Å²) in [6.07, 6.45) is 7.50. The summed E-state index contributed by atoms with van der Waals surface area (Å²) in [7, 11) is 0. The maximum absolute atomic E-state index is 12.5. The number of hydrogen-bond acceptors (Lipinski definition) is 2. The Morgan fingerprint density at radius 2 is 1.77 bits per heavy atom. The van der Waals surface area contributed by atoms with Crippen LogP contribution >= 0.6 is 12.4 Å². The van der Waals surface area contributed by atoms with Crippen molar-refractivity contribution in [3.63, 3.8) is 0 Å². The molecule has 4 atom stereocenters. The van der Waals surface area contributed by atoms with Crippen LogP contribution in [0.5, 0.6) is 0 Å². The topological polar surface area (TPSA) is 55.1 Å². The molecule has 1 amide bonds. The summed E-state index contributed by atoms with van der Waals surface area (Å²) in [6.45, 7) is 0. The second kappa shape index (κ2) is 7.98. The van der Waals surface area contributed by atoms with Gasteiger partial charge >= 0.3 is 0 Å². The van der Waals surface area contributed by atoms with E-state index in [9.17, 15) is 4.79 Å². The van der Waals surface area contributed by atoms with Crippen LogP contribution < -0.4 is 11.1 Å². The van der Waals surface area contributed by atoms with Gasteiger partial charge in [0.1, 0.15) is 0 Å². The average molecular weight is 323 g/mol. The summed E-state index contributed by atoms with van der Waals surface area (Å²) in [5.41, 5.74) is 7.37. The SMILES string of the molecule is Cl.NC1CCCC(C(=O)NC2CCCC2c2ccccc2)C1. The molecule has 3 nitrogen and oxygen atoms in total. The summed E-state index contributed by atoms with van der Waals surface area (Å²) < 4.78 is 0. The van der Waals surface area contributed by atoms with Gasteiger partial charge in [-0.05, 0) is 37.7 Å². The second-order valence-electron chi connectivity index (χ2n) is 6.69. The van der Waals surface area contributed by atoms with E-state index in [0.29, 0.717) is 12.0 Å².